The van der Waals surface area contributed by atoms with Gasteiger partial charge in [-0.25, -0.2) is 9.69 Å². The lowest BCUT2D eigenvalue weighted by molar-refractivity contribution is -0.120. The van der Waals surface area contributed by atoms with Gasteiger partial charge in [0.1, 0.15) is 10.7 Å². The largest absolute Gasteiger partial charge is 0.462 e. The standard InChI is InChI=1S/C20H17ClN2O4/c1-3-27-20(26)13-8-10-14(11-9-13)22-17-16(21)18(24)23(19(17)25)15-7-5-4-6-12(15)2/h4-11,22H,3H2,1-2H3. The number of rotatable bonds is 5. The molecule has 27 heavy (non-hydrogen) atoms. The second-order valence-electron chi connectivity index (χ2n) is 5.84. The van der Waals surface area contributed by atoms with Gasteiger partial charge in [0, 0.05) is 5.69 Å². The fourth-order valence-corrected chi connectivity index (χ4v) is 2.91. The van der Waals surface area contributed by atoms with Crippen LogP contribution in [0.2, 0.25) is 0 Å². The summed E-state index contributed by atoms with van der Waals surface area (Å²) < 4.78 is 4.93. The highest BCUT2D eigenvalue weighted by molar-refractivity contribution is 6.53. The number of esters is 1. The first-order valence-corrected chi connectivity index (χ1v) is 8.70. The number of imide groups is 1. The minimum absolute atomic E-state index is 0.00574. The van der Waals surface area contributed by atoms with Crippen LogP contribution >= 0.6 is 11.6 Å². The molecule has 2 aromatic rings. The molecule has 1 aliphatic heterocycles. The average molecular weight is 385 g/mol. The van der Waals surface area contributed by atoms with Crippen molar-refractivity contribution >= 4 is 40.8 Å². The van der Waals surface area contributed by atoms with E-state index in [4.69, 9.17) is 16.3 Å². The average Bonchev–Trinajstić information content (AvgIpc) is 2.87. The predicted molar refractivity (Wildman–Crippen MR) is 103 cm³/mol. The third-order valence-corrected chi connectivity index (χ3v) is 4.40. The van der Waals surface area contributed by atoms with Gasteiger partial charge in [0.2, 0.25) is 0 Å². The Morgan fingerprint density at radius 1 is 1.07 bits per heavy atom. The predicted octanol–water partition coefficient (Wildman–Crippen LogP) is 3.61. The first-order chi connectivity index (χ1) is 12.9. The maximum atomic E-state index is 12.8. The SMILES string of the molecule is CCOC(=O)c1ccc(NC2=C(Cl)C(=O)N(c3ccccc3C)C2=O)cc1. The van der Waals surface area contributed by atoms with E-state index in [2.05, 4.69) is 5.32 Å². The summed E-state index contributed by atoms with van der Waals surface area (Å²) in [4.78, 5) is 38.0. The van der Waals surface area contributed by atoms with Crippen molar-refractivity contribution in [1.82, 2.24) is 0 Å². The van der Waals surface area contributed by atoms with Crippen molar-refractivity contribution in [3.63, 3.8) is 0 Å². The Balaban J connectivity index is 1.83. The highest BCUT2D eigenvalue weighted by atomic mass is 35.5. The van der Waals surface area contributed by atoms with Gasteiger partial charge in [-0.05, 0) is 49.7 Å². The molecule has 3 rings (SSSR count). The third-order valence-electron chi connectivity index (χ3n) is 4.05. The monoisotopic (exact) mass is 384 g/mol. The van der Waals surface area contributed by atoms with Crippen molar-refractivity contribution in [2.75, 3.05) is 16.8 Å². The van der Waals surface area contributed by atoms with E-state index in [-0.39, 0.29) is 17.3 Å². The molecular weight excluding hydrogens is 368 g/mol. The molecule has 0 spiro atoms. The van der Waals surface area contributed by atoms with Gasteiger partial charge in [-0.2, -0.15) is 0 Å². The second-order valence-corrected chi connectivity index (χ2v) is 6.22. The Morgan fingerprint density at radius 2 is 1.74 bits per heavy atom. The minimum Gasteiger partial charge on any atom is -0.462 e. The van der Waals surface area contributed by atoms with Crippen LogP contribution < -0.4 is 10.2 Å². The summed E-state index contributed by atoms with van der Waals surface area (Å²) in [5.74, 6) is -1.55. The van der Waals surface area contributed by atoms with Crippen LogP contribution in [0.15, 0.2) is 59.3 Å². The lowest BCUT2D eigenvalue weighted by Crippen LogP contribution is -2.32. The van der Waals surface area contributed by atoms with E-state index >= 15 is 0 Å². The smallest absolute Gasteiger partial charge is 0.338 e. The second kappa shape index (κ2) is 7.63. The highest BCUT2D eigenvalue weighted by Gasteiger charge is 2.39. The number of nitrogens with one attached hydrogen (secondary N) is 1. The summed E-state index contributed by atoms with van der Waals surface area (Å²) >= 11 is 6.12. The van der Waals surface area contributed by atoms with Gasteiger partial charge in [-0.3, -0.25) is 9.59 Å². The molecule has 1 heterocycles. The number of hydrogen-bond donors (Lipinski definition) is 1. The zero-order chi connectivity index (χ0) is 19.6. The Hall–Kier alpha value is -3.12. The summed E-state index contributed by atoms with van der Waals surface area (Å²) in [6.45, 7) is 3.82. The maximum absolute atomic E-state index is 12.8. The Morgan fingerprint density at radius 3 is 2.37 bits per heavy atom. The maximum Gasteiger partial charge on any atom is 0.338 e. The number of amides is 2. The third kappa shape index (κ3) is 3.57. The molecule has 7 heteroatoms. The fraction of sp³-hybridized carbons (Fsp3) is 0.150. The molecule has 0 radical (unpaired) electrons. The van der Waals surface area contributed by atoms with Crippen LogP contribution in [0.3, 0.4) is 0 Å². The molecule has 138 valence electrons. The van der Waals surface area contributed by atoms with E-state index in [0.29, 0.717) is 16.9 Å². The molecule has 0 bridgehead atoms. The number of para-hydroxylation sites is 1. The van der Waals surface area contributed by atoms with E-state index in [1.54, 1.807) is 43.3 Å². The molecule has 2 aromatic carbocycles. The number of halogens is 1. The molecule has 0 atom stereocenters. The van der Waals surface area contributed by atoms with Gasteiger partial charge in [0.15, 0.2) is 0 Å². The molecule has 0 fully saturated rings. The summed E-state index contributed by atoms with van der Waals surface area (Å²) in [5.41, 5.74) is 2.17. The van der Waals surface area contributed by atoms with Crippen LogP contribution in [0.4, 0.5) is 11.4 Å². The molecule has 0 aliphatic carbocycles. The van der Waals surface area contributed by atoms with Crippen LogP contribution in [-0.2, 0) is 14.3 Å². The van der Waals surface area contributed by atoms with Crippen molar-refractivity contribution in [3.8, 4) is 0 Å². The van der Waals surface area contributed by atoms with Crippen LogP contribution in [-0.4, -0.2) is 24.4 Å². The van der Waals surface area contributed by atoms with Crippen LogP contribution in [0, 0.1) is 6.92 Å². The molecular formula is C20H17ClN2O4. The molecule has 0 saturated heterocycles. The van der Waals surface area contributed by atoms with Crippen LogP contribution in [0.5, 0.6) is 0 Å². The highest BCUT2D eigenvalue weighted by Crippen LogP contribution is 2.31. The Labute approximate surface area is 161 Å². The molecule has 1 aliphatic rings. The molecule has 6 nitrogen and oxygen atoms in total. The van der Waals surface area contributed by atoms with Crippen molar-refractivity contribution in [2.24, 2.45) is 0 Å². The summed E-state index contributed by atoms with van der Waals surface area (Å²) in [5, 5.41) is 2.69. The van der Waals surface area contributed by atoms with Crippen LogP contribution in [0.1, 0.15) is 22.8 Å². The van der Waals surface area contributed by atoms with Gasteiger partial charge in [0.25, 0.3) is 11.8 Å². The molecule has 0 saturated carbocycles. The van der Waals surface area contributed by atoms with Crippen molar-refractivity contribution < 1.29 is 19.1 Å². The zero-order valence-corrected chi connectivity index (χ0v) is 15.5. The number of carbonyl (C=O) groups excluding carboxylic acids is 3. The lowest BCUT2D eigenvalue weighted by atomic mass is 10.2. The number of hydrogen-bond acceptors (Lipinski definition) is 5. The van der Waals surface area contributed by atoms with Crippen LogP contribution in [0.25, 0.3) is 0 Å². The van der Waals surface area contributed by atoms with E-state index < -0.39 is 17.8 Å². The topological polar surface area (TPSA) is 75.7 Å². The number of nitrogens with zero attached hydrogens (tertiary/aromatic N) is 1. The van der Waals surface area contributed by atoms with E-state index in [1.807, 2.05) is 19.1 Å². The molecule has 2 amide bonds. The Kier molecular flexibility index (Phi) is 5.28. The Bertz CT molecular complexity index is 951. The number of carbonyl (C=O) groups is 3. The fourth-order valence-electron chi connectivity index (χ4n) is 2.69. The van der Waals surface area contributed by atoms with Crippen molar-refractivity contribution in [3.05, 3.63) is 70.4 Å². The van der Waals surface area contributed by atoms with Gasteiger partial charge in [-0.1, -0.05) is 29.8 Å². The van der Waals surface area contributed by atoms with Gasteiger partial charge in [0.05, 0.1) is 17.9 Å². The zero-order valence-electron chi connectivity index (χ0n) is 14.8. The van der Waals surface area contributed by atoms with E-state index in [0.717, 1.165) is 10.5 Å². The molecule has 0 aromatic heterocycles. The summed E-state index contributed by atoms with van der Waals surface area (Å²) in [6, 6.07) is 13.4. The molecule has 0 unspecified atom stereocenters. The number of benzene rings is 2. The van der Waals surface area contributed by atoms with Gasteiger partial charge in [-0.15, -0.1) is 0 Å². The van der Waals surface area contributed by atoms with E-state index in [1.165, 1.54) is 0 Å². The molecule has 1 N–H and O–H groups in total. The van der Waals surface area contributed by atoms with Crippen molar-refractivity contribution in [1.29, 1.82) is 0 Å². The van der Waals surface area contributed by atoms with Gasteiger partial charge < -0.3 is 10.1 Å². The van der Waals surface area contributed by atoms with Gasteiger partial charge >= 0.3 is 5.97 Å². The quantitative estimate of drug-likeness (QED) is 0.629. The number of ether oxygens (including phenoxy) is 1. The van der Waals surface area contributed by atoms with E-state index in [9.17, 15) is 14.4 Å². The number of anilines is 2. The normalized spacial score (nSPS) is 14.0. The first kappa shape index (κ1) is 18.7. The summed E-state index contributed by atoms with van der Waals surface area (Å²) in [7, 11) is 0. The lowest BCUT2D eigenvalue weighted by Gasteiger charge is -2.17. The van der Waals surface area contributed by atoms with Crippen molar-refractivity contribution in [2.45, 2.75) is 13.8 Å². The minimum atomic E-state index is -0.582. The summed E-state index contributed by atoms with van der Waals surface area (Å²) in [6.07, 6.45) is 0. The first-order valence-electron chi connectivity index (χ1n) is 8.32. The number of aryl methyl sites for hydroxylation is 1.